The second-order valence-corrected chi connectivity index (χ2v) is 8.17. The number of benzene rings is 4. The molecule has 1 amide bonds. The Morgan fingerprint density at radius 3 is 2.03 bits per heavy atom. The largest absolute Gasteiger partial charge is 0.494 e. The zero-order valence-corrected chi connectivity index (χ0v) is 19.7. The van der Waals surface area contributed by atoms with Gasteiger partial charge in [0.05, 0.1) is 13.2 Å². The Kier molecular flexibility index (Phi) is 8.77. The van der Waals surface area contributed by atoms with Crippen molar-refractivity contribution < 1.29 is 14.3 Å². The van der Waals surface area contributed by atoms with E-state index in [1.807, 2.05) is 84.9 Å². The lowest BCUT2D eigenvalue weighted by Gasteiger charge is -2.11. The van der Waals surface area contributed by atoms with Gasteiger partial charge in [-0.3, -0.25) is 4.79 Å². The molecule has 0 radical (unpaired) electrons. The number of hydrogen-bond acceptors (Lipinski definition) is 4. The molecular formula is C30H30N2O3. The van der Waals surface area contributed by atoms with Gasteiger partial charge in [0.1, 0.15) is 18.1 Å². The molecule has 0 aliphatic heterocycles. The Labute approximate surface area is 206 Å². The average Bonchev–Trinajstić information content (AvgIpc) is 2.90. The van der Waals surface area contributed by atoms with Crippen LogP contribution in [0.3, 0.4) is 0 Å². The van der Waals surface area contributed by atoms with Gasteiger partial charge in [-0.05, 0) is 48.2 Å². The van der Waals surface area contributed by atoms with E-state index in [9.17, 15) is 4.79 Å². The van der Waals surface area contributed by atoms with Crippen LogP contribution in [-0.4, -0.2) is 19.1 Å². The standard InChI is InChI=1S/C30H30N2O3/c33-30(32-27-16-8-18-29(21-27)35-23-25-12-5-2-6-13-25)22-31-26-15-7-17-28(20-26)34-19-9-14-24-10-3-1-4-11-24/h1-8,10-13,15-18,20-21,31H,9,14,19,22-23H2,(H,32,33). The van der Waals surface area contributed by atoms with Gasteiger partial charge in [-0.2, -0.15) is 0 Å². The van der Waals surface area contributed by atoms with E-state index in [1.54, 1.807) is 0 Å². The van der Waals surface area contributed by atoms with Gasteiger partial charge in [-0.15, -0.1) is 0 Å². The first-order valence-corrected chi connectivity index (χ1v) is 11.8. The Hall–Kier alpha value is -4.25. The summed E-state index contributed by atoms with van der Waals surface area (Å²) in [4.78, 5) is 12.5. The summed E-state index contributed by atoms with van der Waals surface area (Å²) in [7, 11) is 0. The molecule has 0 aliphatic carbocycles. The summed E-state index contributed by atoms with van der Waals surface area (Å²) in [6.45, 7) is 1.26. The predicted molar refractivity (Wildman–Crippen MR) is 141 cm³/mol. The lowest BCUT2D eigenvalue weighted by Crippen LogP contribution is -2.21. The second-order valence-electron chi connectivity index (χ2n) is 8.17. The molecule has 0 aromatic heterocycles. The van der Waals surface area contributed by atoms with Crippen molar-refractivity contribution in [1.82, 2.24) is 0 Å². The predicted octanol–water partition coefficient (Wildman–Crippen LogP) is 6.33. The molecule has 0 saturated heterocycles. The molecule has 35 heavy (non-hydrogen) atoms. The molecule has 4 rings (SSSR count). The topological polar surface area (TPSA) is 59.6 Å². The molecule has 0 saturated carbocycles. The molecule has 0 fully saturated rings. The van der Waals surface area contributed by atoms with Crippen molar-refractivity contribution in [3.63, 3.8) is 0 Å². The summed E-state index contributed by atoms with van der Waals surface area (Å²) in [6.07, 6.45) is 1.93. The first kappa shape index (κ1) is 23.9. The lowest BCUT2D eigenvalue weighted by atomic mass is 10.1. The van der Waals surface area contributed by atoms with E-state index in [0.717, 1.165) is 29.8 Å². The Balaban J connectivity index is 1.20. The maximum absolute atomic E-state index is 12.5. The molecule has 0 aliphatic rings. The van der Waals surface area contributed by atoms with Crippen LogP contribution >= 0.6 is 0 Å². The van der Waals surface area contributed by atoms with E-state index in [0.29, 0.717) is 24.7 Å². The molecule has 0 heterocycles. The quantitative estimate of drug-likeness (QED) is 0.240. The molecule has 178 valence electrons. The van der Waals surface area contributed by atoms with Crippen molar-refractivity contribution in [3.8, 4) is 11.5 Å². The minimum atomic E-state index is -0.139. The van der Waals surface area contributed by atoms with E-state index < -0.39 is 0 Å². The van der Waals surface area contributed by atoms with Crippen molar-refractivity contribution in [2.24, 2.45) is 0 Å². The molecule has 4 aromatic rings. The number of ether oxygens (including phenoxy) is 2. The molecule has 4 aromatic carbocycles. The summed E-state index contributed by atoms with van der Waals surface area (Å²) < 4.78 is 11.7. The maximum atomic E-state index is 12.5. The fraction of sp³-hybridized carbons (Fsp3) is 0.167. The minimum absolute atomic E-state index is 0.139. The fourth-order valence-corrected chi connectivity index (χ4v) is 3.60. The SMILES string of the molecule is O=C(CNc1cccc(OCCCc2ccccc2)c1)Nc1cccc(OCc2ccccc2)c1. The average molecular weight is 467 g/mol. The van der Waals surface area contributed by atoms with E-state index in [4.69, 9.17) is 9.47 Å². The van der Waals surface area contributed by atoms with Crippen LogP contribution in [0.2, 0.25) is 0 Å². The molecule has 5 heteroatoms. The Bertz CT molecular complexity index is 1200. The smallest absolute Gasteiger partial charge is 0.243 e. The molecule has 0 spiro atoms. The van der Waals surface area contributed by atoms with Gasteiger partial charge in [-0.1, -0.05) is 72.8 Å². The summed E-state index contributed by atoms with van der Waals surface area (Å²) in [5.41, 5.74) is 3.93. The highest BCUT2D eigenvalue weighted by Gasteiger charge is 2.05. The van der Waals surface area contributed by atoms with Crippen LogP contribution in [0.5, 0.6) is 11.5 Å². The highest BCUT2D eigenvalue weighted by Crippen LogP contribution is 2.20. The van der Waals surface area contributed by atoms with Gasteiger partial charge in [0.25, 0.3) is 0 Å². The molecule has 0 atom stereocenters. The van der Waals surface area contributed by atoms with Crippen LogP contribution in [0.4, 0.5) is 11.4 Å². The van der Waals surface area contributed by atoms with Crippen LogP contribution in [0, 0.1) is 0 Å². The Morgan fingerprint density at radius 2 is 1.29 bits per heavy atom. The van der Waals surface area contributed by atoms with E-state index in [1.165, 1.54) is 5.56 Å². The van der Waals surface area contributed by atoms with Gasteiger partial charge < -0.3 is 20.1 Å². The van der Waals surface area contributed by atoms with Crippen LogP contribution in [0.15, 0.2) is 109 Å². The van der Waals surface area contributed by atoms with Gasteiger partial charge in [0.15, 0.2) is 0 Å². The number of hydrogen-bond donors (Lipinski definition) is 2. The first-order valence-electron chi connectivity index (χ1n) is 11.8. The van der Waals surface area contributed by atoms with Gasteiger partial charge in [-0.25, -0.2) is 0 Å². The molecule has 0 unspecified atom stereocenters. The van der Waals surface area contributed by atoms with Crippen LogP contribution in [0.25, 0.3) is 0 Å². The fourth-order valence-electron chi connectivity index (χ4n) is 3.60. The van der Waals surface area contributed by atoms with E-state index >= 15 is 0 Å². The second kappa shape index (κ2) is 12.8. The van der Waals surface area contributed by atoms with Crippen molar-refractivity contribution in [1.29, 1.82) is 0 Å². The normalized spacial score (nSPS) is 10.4. The third kappa shape index (κ3) is 8.23. The Morgan fingerprint density at radius 1 is 0.657 bits per heavy atom. The minimum Gasteiger partial charge on any atom is -0.494 e. The molecular weight excluding hydrogens is 436 g/mol. The van der Waals surface area contributed by atoms with E-state index in [-0.39, 0.29) is 12.5 Å². The van der Waals surface area contributed by atoms with Gasteiger partial charge in [0.2, 0.25) is 5.91 Å². The monoisotopic (exact) mass is 466 g/mol. The number of aryl methyl sites for hydroxylation is 1. The maximum Gasteiger partial charge on any atom is 0.243 e. The van der Waals surface area contributed by atoms with Crippen molar-refractivity contribution in [2.75, 3.05) is 23.8 Å². The highest BCUT2D eigenvalue weighted by atomic mass is 16.5. The molecule has 5 nitrogen and oxygen atoms in total. The van der Waals surface area contributed by atoms with Crippen molar-refractivity contribution >= 4 is 17.3 Å². The summed E-state index contributed by atoms with van der Waals surface area (Å²) >= 11 is 0. The van der Waals surface area contributed by atoms with Crippen LogP contribution in [-0.2, 0) is 17.8 Å². The van der Waals surface area contributed by atoms with Gasteiger partial charge in [0, 0.05) is 23.5 Å². The number of anilines is 2. The summed E-state index contributed by atoms with van der Waals surface area (Å²) in [6, 6.07) is 35.4. The van der Waals surface area contributed by atoms with Crippen LogP contribution in [0.1, 0.15) is 17.5 Å². The molecule has 2 N–H and O–H groups in total. The van der Waals surface area contributed by atoms with Crippen molar-refractivity contribution in [2.45, 2.75) is 19.4 Å². The number of carbonyl (C=O) groups is 1. The zero-order chi connectivity index (χ0) is 24.1. The third-order valence-corrected chi connectivity index (χ3v) is 5.37. The number of nitrogens with one attached hydrogen (secondary N) is 2. The summed E-state index contributed by atoms with van der Waals surface area (Å²) in [5.74, 6) is 1.35. The first-order chi connectivity index (χ1) is 17.2. The highest BCUT2D eigenvalue weighted by molar-refractivity contribution is 5.93. The van der Waals surface area contributed by atoms with Crippen LogP contribution < -0.4 is 20.1 Å². The third-order valence-electron chi connectivity index (χ3n) is 5.37. The lowest BCUT2D eigenvalue weighted by molar-refractivity contribution is -0.114. The number of rotatable bonds is 12. The number of amides is 1. The summed E-state index contributed by atoms with van der Waals surface area (Å²) in [5, 5.41) is 6.07. The van der Waals surface area contributed by atoms with E-state index in [2.05, 4.69) is 34.9 Å². The van der Waals surface area contributed by atoms with Crippen molar-refractivity contribution in [3.05, 3.63) is 120 Å². The molecule has 0 bridgehead atoms. The van der Waals surface area contributed by atoms with Gasteiger partial charge >= 0.3 is 0 Å². The number of carbonyl (C=O) groups excluding carboxylic acids is 1. The zero-order valence-electron chi connectivity index (χ0n) is 19.7.